The number of amides is 2. The first kappa shape index (κ1) is 25.9. The Bertz CT molecular complexity index is 952. The van der Waals surface area contributed by atoms with Crippen molar-refractivity contribution in [3.05, 3.63) is 53.6 Å². The molecule has 9 heteroatoms. The molecule has 0 heterocycles. The van der Waals surface area contributed by atoms with Gasteiger partial charge in [0, 0.05) is 13.6 Å². The van der Waals surface area contributed by atoms with E-state index in [0.717, 1.165) is 0 Å². The summed E-state index contributed by atoms with van der Waals surface area (Å²) in [6.45, 7) is 2.87. The van der Waals surface area contributed by atoms with Crippen LogP contribution in [-0.2, 0) is 11.3 Å². The summed E-state index contributed by atoms with van der Waals surface area (Å²) < 4.78 is 40.4. The topological polar surface area (TPSA) is 77.1 Å². The molecule has 0 saturated carbocycles. The maximum atomic E-state index is 13.2. The third kappa shape index (κ3) is 7.06. The fraction of sp³-hybridized carbons (Fsp3) is 0.417. The summed E-state index contributed by atoms with van der Waals surface area (Å²) >= 11 is 0. The van der Waals surface area contributed by atoms with Crippen molar-refractivity contribution in [2.45, 2.75) is 40.0 Å². The molecule has 0 aliphatic heterocycles. The third-order valence-electron chi connectivity index (χ3n) is 4.89. The summed E-state index contributed by atoms with van der Waals surface area (Å²) in [6, 6.07) is 10.5. The Morgan fingerprint density at radius 3 is 2.36 bits per heavy atom. The molecule has 0 saturated heterocycles. The molecule has 0 spiro atoms. The molecule has 7 nitrogen and oxygen atoms in total. The van der Waals surface area contributed by atoms with Crippen LogP contribution in [-0.4, -0.2) is 50.1 Å². The molecule has 2 rings (SSSR count). The number of methoxy groups -OCH3 is 1. The molecule has 0 fully saturated rings. The van der Waals surface area contributed by atoms with Crippen LogP contribution in [0, 0.1) is 5.92 Å². The maximum absolute atomic E-state index is 13.2. The van der Waals surface area contributed by atoms with E-state index in [-0.39, 0.29) is 36.5 Å². The van der Waals surface area contributed by atoms with Crippen molar-refractivity contribution in [1.29, 1.82) is 0 Å². The molecule has 1 N–H and O–H groups in total. The smallest absolute Gasteiger partial charge is 0.387 e. The SMILES string of the molecule is CCOc1cc(CN(C)C(=O)C(NC(=O)c2ccccc2OC)C(C)C)ccc1OC(F)F. The lowest BCUT2D eigenvalue weighted by Gasteiger charge is -2.27. The predicted octanol–water partition coefficient (Wildman–Crippen LogP) is 4.11. The molecule has 2 aromatic carbocycles. The number of alkyl halides is 2. The van der Waals surface area contributed by atoms with Crippen LogP contribution >= 0.6 is 0 Å². The van der Waals surface area contributed by atoms with Crippen LogP contribution in [0.2, 0.25) is 0 Å². The number of para-hydroxylation sites is 1. The molecule has 1 atom stereocenters. The molecule has 33 heavy (non-hydrogen) atoms. The van der Waals surface area contributed by atoms with E-state index in [1.165, 1.54) is 18.1 Å². The lowest BCUT2D eigenvalue weighted by molar-refractivity contribution is -0.133. The lowest BCUT2D eigenvalue weighted by Crippen LogP contribution is -2.50. The summed E-state index contributed by atoms with van der Waals surface area (Å²) in [5, 5.41) is 2.80. The number of ether oxygens (including phenoxy) is 3. The molecule has 0 radical (unpaired) electrons. The van der Waals surface area contributed by atoms with Gasteiger partial charge in [0.1, 0.15) is 11.8 Å². The van der Waals surface area contributed by atoms with Gasteiger partial charge in [0.2, 0.25) is 5.91 Å². The fourth-order valence-electron chi connectivity index (χ4n) is 3.27. The van der Waals surface area contributed by atoms with Gasteiger partial charge < -0.3 is 24.4 Å². The van der Waals surface area contributed by atoms with Crippen molar-refractivity contribution in [2.24, 2.45) is 5.92 Å². The van der Waals surface area contributed by atoms with E-state index in [1.54, 1.807) is 50.4 Å². The van der Waals surface area contributed by atoms with Gasteiger partial charge >= 0.3 is 6.61 Å². The van der Waals surface area contributed by atoms with Gasteiger partial charge in [-0.1, -0.05) is 32.0 Å². The van der Waals surface area contributed by atoms with Gasteiger partial charge in [-0.05, 0) is 42.7 Å². The van der Waals surface area contributed by atoms with Crippen LogP contribution in [0.15, 0.2) is 42.5 Å². The van der Waals surface area contributed by atoms with Gasteiger partial charge in [-0.25, -0.2) is 0 Å². The number of carbonyl (C=O) groups is 2. The highest BCUT2D eigenvalue weighted by Gasteiger charge is 2.28. The third-order valence-corrected chi connectivity index (χ3v) is 4.89. The number of carbonyl (C=O) groups excluding carboxylic acids is 2. The van der Waals surface area contributed by atoms with Gasteiger partial charge in [0.25, 0.3) is 5.91 Å². The zero-order chi connectivity index (χ0) is 24.5. The second kappa shape index (κ2) is 12.0. The molecule has 0 aliphatic rings. The van der Waals surface area contributed by atoms with Gasteiger partial charge in [0.05, 0.1) is 19.3 Å². The van der Waals surface area contributed by atoms with E-state index in [1.807, 2.05) is 13.8 Å². The molecular formula is C24H30F2N2O5. The normalized spacial score (nSPS) is 11.8. The van der Waals surface area contributed by atoms with E-state index in [9.17, 15) is 18.4 Å². The molecule has 0 bridgehead atoms. The Morgan fingerprint density at radius 2 is 1.76 bits per heavy atom. The minimum absolute atomic E-state index is 0.0753. The standard InChI is InChI=1S/C24H30F2N2O5/c1-6-32-20-13-16(11-12-19(20)33-24(25)26)14-28(4)23(30)21(15(2)3)27-22(29)17-9-7-8-10-18(17)31-5/h7-13,15,21,24H,6,14H2,1-5H3,(H,27,29). The quantitative estimate of drug-likeness (QED) is 0.542. The second-order valence-electron chi connectivity index (χ2n) is 7.68. The van der Waals surface area contributed by atoms with Crippen LogP contribution in [0.5, 0.6) is 17.2 Å². The highest BCUT2D eigenvalue weighted by atomic mass is 19.3. The monoisotopic (exact) mass is 464 g/mol. The molecule has 2 aromatic rings. The van der Waals surface area contributed by atoms with Crippen molar-refractivity contribution in [2.75, 3.05) is 20.8 Å². The molecule has 180 valence electrons. The van der Waals surface area contributed by atoms with Gasteiger partial charge in [-0.2, -0.15) is 8.78 Å². The van der Waals surface area contributed by atoms with Crippen molar-refractivity contribution in [3.63, 3.8) is 0 Å². The average Bonchev–Trinajstić information content (AvgIpc) is 2.78. The average molecular weight is 465 g/mol. The number of likely N-dealkylation sites (N-methyl/N-ethyl adjacent to an activating group) is 1. The summed E-state index contributed by atoms with van der Waals surface area (Å²) in [6.07, 6.45) is 0. The number of halogens is 2. The zero-order valence-electron chi connectivity index (χ0n) is 19.4. The number of benzene rings is 2. The van der Waals surface area contributed by atoms with E-state index in [0.29, 0.717) is 16.9 Å². The minimum Gasteiger partial charge on any atom is -0.496 e. The Labute approximate surface area is 192 Å². The van der Waals surface area contributed by atoms with Gasteiger partial charge in [-0.3, -0.25) is 9.59 Å². The van der Waals surface area contributed by atoms with E-state index in [4.69, 9.17) is 9.47 Å². The highest BCUT2D eigenvalue weighted by molar-refractivity contribution is 5.99. The van der Waals surface area contributed by atoms with Crippen LogP contribution in [0.25, 0.3) is 0 Å². The lowest BCUT2D eigenvalue weighted by atomic mass is 10.0. The van der Waals surface area contributed by atoms with Gasteiger partial charge in [0.15, 0.2) is 11.5 Å². The fourth-order valence-corrected chi connectivity index (χ4v) is 3.27. The summed E-state index contributed by atoms with van der Waals surface area (Å²) in [7, 11) is 3.08. The Balaban J connectivity index is 2.16. The van der Waals surface area contributed by atoms with Crippen LogP contribution in [0.3, 0.4) is 0 Å². The second-order valence-corrected chi connectivity index (χ2v) is 7.68. The van der Waals surface area contributed by atoms with Crippen molar-refractivity contribution >= 4 is 11.8 Å². The summed E-state index contributed by atoms with van der Waals surface area (Å²) in [5.41, 5.74) is 0.992. The Morgan fingerprint density at radius 1 is 1.06 bits per heavy atom. The van der Waals surface area contributed by atoms with Crippen LogP contribution in [0.1, 0.15) is 36.7 Å². The number of nitrogens with zero attached hydrogens (tertiary/aromatic N) is 1. The summed E-state index contributed by atoms with van der Waals surface area (Å²) in [5.74, 6) is -0.388. The number of nitrogens with one attached hydrogen (secondary N) is 1. The molecule has 0 aromatic heterocycles. The van der Waals surface area contributed by atoms with Crippen LogP contribution in [0.4, 0.5) is 8.78 Å². The van der Waals surface area contributed by atoms with Crippen LogP contribution < -0.4 is 19.5 Å². The van der Waals surface area contributed by atoms with E-state index >= 15 is 0 Å². The van der Waals surface area contributed by atoms with Gasteiger partial charge in [-0.15, -0.1) is 0 Å². The molecule has 2 amide bonds. The Hall–Kier alpha value is -3.36. The number of rotatable bonds is 11. The Kier molecular flexibility index (Phi) is 9.44. The first-order chi connectivity index (χ1) is 15.7. The van der Waals surface area contributed by atoms with E-state index in [2.05, 4.69) is 10.1 Å². The van der Waals surface area contributed by atoms with E-state index < -0.39 is 18.6 Å². The minimum atomic E-state index is -2.97. The number of hydrogen-bond acceptors (Lipinski definition) is 5. The molecular weight excluding hydrogens is 434 g/mol. The maximum Gasteiger partial charge on any atom is 0.387 e. The van der Waals surface area contributed by atoms with Crippen molar-refractivity contribution in [1.82, 2.24) is 10.2 Å². The zero-order valence-corrected chi connectivity index (χ0v) is 19.4. The predicted molar refractivity (Wildman–Crippen MR) is 120 cm³/mol. The van der Waals surface area contributed by atoms with Crippen molar-refractivity contribution in [3.8, 4) is 17.2 Å². The largest absolute Gasteiger partial charge is 0.496 e. The number of hydrogen-bond donors (Lipinski definition) is 1. The molecule has 1 unspecified atom stereocenters. The highest BCUT2D eigenvalue weighted by Crippen LogP contribution is 2.30. The first-order valence-corrected chi connectivity index (χ1v) is 10.6. The summed E-state index contributed by atoms with van der Waals surface area (Å²) in [4.78, 5) is 27.4. The van der Waals surface area contributed by atoms with Crippen molar-refractivity contribution < 1.29 is 32.6 Å². The molecule has 0 aliphatic carbocycles. The first-order valence-electron chi connectivity index (χ1n) is 10.6.